The van der Waals surface area contributed by atoms with Crippen LogP contribution in [0, 0.1) is 11.8 Å². The van der Waals surface area contributed by atoms with Crippen molar-refractivity contribution in [1.29, 1.82) is 0 Å². The van der Waals surface area contributed by atoms with E-state index in [-0.39, 0.29) is 17.7 Å². The molecule has 1 heterocycles. The van der Waals surface area contributed by atoms with E-state index in [1.54, 1.807) is 6.07 Å². The number of hydrogen-bond donors (Lipinski definition) is 1. The molecular formula is C19H27N3O2. The molecule has 5 nitrogen and oxygen atoms in total. The number of nitrogens with one attached hydrogen (secondary N) is 1. The molecule has 1 N–H and O–H groups in total. The molecule has 2 aliphatic rings. The van der Waals surface area contributed by atoms with Crippen LogP contribution in [-0.2, 0) is 4.79 Å². The van der Waals surface area contributed by atoms with Gasteiger partial charge in [0.2, 0.25) is 5.91 Å². The van der Waals surface area contributed by atoms with Gasteiger partial charge in [0.25, 0.3) is 5.91 Å². The van der Waals surface area contributed by atoms with Crippen LogP contribution >= 0.6 is 0 Å². The van der Waals surface area contributed by atoms with Gasteiger partial charge in [0.1, 0.15) is 0 Å². The summed E-state index contributed by atoms with van der Waals surface area (Å²) in [5.41, 5.74) is 1.37. The fourth-order valence-electron chi connectivity index (χ4n) is 3.42. The lowest BCUT2D eigenvalue weighted by molar-refractivity contribution is -0.117. The van der Waals surface area contributed by atoms with Crippen LogP contribution in [0.5, 0.6) is 0 Å². The first kappa shape index (κ1) is 17.0. The molecule has 0 aromatic heterocycles. The number of piperidine rings is 1. The number of hydrogen-bond acceptors (Lipinski definition) is 3. The van der Waals surface area contributed by atoms with Gasteiger partial charge in [-0.25, -0.2) is 0 Å². The maximum absolute atomic E-state index is 12.7. The lowest BCUT2D eigenvalue weighted by Crippen LogP contribution is -2.44. The molecule has 0 bridgehead atoms. The zero-order chi connectivity index (χ0) is 17.3. The maximum atomic E-state index is 12.7. The average molecular weight is 329 g/mol. The molecule has 1 aliphatic heterocycles. The van der Waals surface area contributed by atoms with Crippen LogP contribution in [0.4, 0.5) is 5.69 Å². The number of amides is 2. The monoisotopic (exact) mass is 329 g/mol. The summed E-state index contributed by atoms with van der Waals surface area (Å²) in [7, 11) is 4.18. The van der Waals surface area contributed by atoms with Gasteiger partial charge < -0.3 is 15.1 Å². The normalized spacial score (nSPS) is 24.1. The van der Waals surface area contributed by atoms with Gasteiger partial charge in [-0.1, -0.05) is 13.0 Å². The minimum atomic E-state index is 0.0584. The molecule has 24 heavy (non-hydrogen) atoms. The molecule has 1 aliphatic carbocycles. The van der Waals surface area contributed by atoms with Crippen LogP contribution < -0.4 is 5.32 Å². The Morgan fingerprint density at radius 2 is 1.88 bits per heavy atom. The van der Waals surface area contributed by atoms with E-state index < -0.39 is 0 Å². The number of benzene rings is 1. The minimum absolute atomic E-state index is 0.0584. The third-order valence-electron chi connectivity index (χ3n) is 5.31. The Labute approximate surface area is 144 Å². The number of carbonyl (C=O) groups excluding carboxylic acids is 2. The lowest BCUT2D eigenvalue weighted by Gasteiger charge is -2.35. The van der Waals surface area contributed by atoms with E-state index in [9.17, 15) is 9.59 Å². The predicted molar refractivity (Wildman–Crippen MR) is 95.0 cm³/mol. The van der Waals surface area contributed by atoms with Gasteiger partial charge in [-0.2, -0.15) is 0 Å². The molecule has 130 valence electrons. The molecule has 2 atom stereocenters. The molecule has 1 saturated heterocycles. The first-order valence-electron chi connectivity index (χ1n) is 8.82. The molecule has 1 saturated carbocycles. The smallest absolute Gasteiger partial charge is 0.253 e. The molecule has 2 amide bonds. The molecule has 0 spiro atoms. The zero-order valence-corrected chi connectivity index (χ0v) is 14.8. The summed E-state index contributed by atoms with van der Waals surface area (Å²) in [6.45, 7) is 3.66. The van der Waals surface area contributed by atoms with Crippen LogP contribution in [-0.4, -0.2) is 54.8 Å². The predicted octanol–water partition coefficient (Wildman–Crippen LogP) is 2.45. The SMILES string of the molecule is C[C@H]1C[C@@H]1C(=O)Nc1cccc(C(=O)N2CCC(N(C)C)CC2)c1. The second-order valence-corrected chi connectivity index (χ2v) is 7.38. The number of nitrogens with zero attached hydrogens (tertiary/aromatic N) is 2. The van der Waals surface area contributed by atoms with Gasteiger partial charge in [-0.05, 0) is 57.5 Å². The van der Waals surface area contributed by atoms with Crippen molar-refractivity contribution in [1.82, 2.24) is 9.80 Å². The van der Waals surface area contributed by atoms with Gasteiger partial charge in [0.05, 0.1) is 0 Å². The van der Waals surface area contributed by atoms with Gasteiger partial charge in [0.15, 0.2) is 0 Å². The quantitative estimate of drug-likeness (QED) is 0.923. The molecule has 1 aromatic rings. The Morgan fingerprint density at radius 1 is 1.21 bits per heavy atom. The largest absolute Gasteiger partial charge is 0.339 e. The topological polar surface area (TPSA) is 52.7 Å². The van der Waals surface area contributed by atoms with Crippen LogP contribution in [0.25, 0.3) is 0 Å². The Bertz CT molecular complexity index is 621. The summed E-state index contributed by atoms with van der Waals surface area (Å²) in [5.74, 6) is 0.740. The molecule has 0 unspecified atom stereocenters. The summed E-state index contributed by atoms with van der Waals surface area (Å²) in [5, 5.41) is 2.94. The Kier molecular flexibility index (Phi) is 4.90. The lowest BCUT2D eigenvalue weighted by atomic mass is 10.0. The number of likely N-dealkylation sites (tertiary alicyclic amines) is 1. The van der Waals surface area contributed by atoms with E-state index in [0.717, 1.165) is 32.4 Å². The summed E-state index contributed by atoms with van der Waals surface area (Å²) in [6, 6.07) is 7.87. The molecular weight excluding hydrogens is 302 g/mol. The highest BCUT2D eigenvalue weighted by atomic mass is 16.2. The molecule has 0 radical (unpaired) electrons. The Hall–Kier alpha value is -1.88. The van der Waals surface area contributed by atoms with Crippen molar-refractivity contribution in [2.75, 3.05) is 32.5 Å². The average Bonchev–Trinajstić information content (AvgIpc) is 3.31. The number of anilines is 1. The number of rotatable bonds is 4. The van der Waals surface area contributed by atoms with E-state index in [1.165, 1.54) is 0 Å². The molecule has 5 heteroatoms. The van der Waals surface area contributed by atoms with Crippen molar-refractivity contribution >= 4 is 17.5 Å². The van der Waals surface area contributed by atoms with Crippen molar-refractivity contribution in [3.05, 3.63) is 29.8 Å². The summed E-state index contributed by atoms with van der Waals surface area (Å²) >= 11 is 0. The fourth-order valence-corrected chi connectivity index (χ4v) is 3.42. The van der Waals surface area contributed by atoms with Crippen molar-refractivity contribution in [3.8, 4) is 0 Å². The third kappa shape index (κ3) is 3.78. The number of carbonyl (C=O) groups is 2. The highest BCUT2D eigenvalue weighted by Gasteiger charge is 2.39. The summed E-state index contributed by atoms with van der Waals surface area (Å²) in [4.78, 5) is 28.9. The fraction of sp³-hybridized carbons (Fsp3) is 0.579. The summed E-state index contributed by atoms with van der Waals surface area (Å²) in [6.07, 6.45) is 2.98. The van der Waals surface area contributed by atoms with Gasteiger partial charge >= 0.3 is 0 Å². The minimum Gasteiger partial charge on any atom is -0.339 e. The van der Waals surface area contributed by atoms with Crippen LogP contribution in [0.15, 0.2) is 24.3 Å². The Balaban J connectivity index is 1.61. The first-order valence-corrected chi connectivity index (χ1v) is 8.82. The maximum Gasteiger partial charge on any atom is 0.253 e. The van der Waals surface area contributed by atoms with Gasteiger partial charge in [-0.15, -0.1) is 0 Å². The molecule has 3 rings (SSSR count). The standard InChI is InChI=1S/C19H27N3O2/c1-13-11-17(13)18(23)20-15-6-4-5-14(12-15)19(24)22-9-7-16(8-10-22)21(2)3/h4-6,12-13,16-17H,7-11H2,1-3H3,(H,20,23)/t13-,17-/m0/s1. The Morgan fingerprint density at radius 3 is 2.46 bits per heavy atom. The van der Waals surface area contributed by atoms with E-state index in [1.807, 2.05) is 23.1 Å². The van der Waals surface area contributed by atoms with Crippen LogP contribution in [0.1, 0.15) is 36.5 Å². The van der Waals surface area contributed by atoms with Crippen molar-refractivity contribution in [2.24, 2.45) is 11.8 Å². The third-order valence-corrected chi connectivity index (χ3v) is 5.31. The van der Waals surface area contributed by atoms with Crippen LogP contribution in [0.2, 0.25) is 0 Å². The molecule has 2 fully saturated rings. The first-order chi connectivity index (χ1) is 11.5. The van der Waals surface area contributed by atoms with E-state index in [0.29, 0.717) is 23.2 Å². The highest BCUT2D eigenvalue weighted by molar-refractivity contribution is 5.98. The highest BCUT2D eigenvalue weighted by Crippen LogP contribution is 2.38. The molecule has 1 aromatic carbocycles. The van der Waals surface area contributed by atoms with Crippen molar-refractivity contribution in [2.45, 2.75) is 32.2 Å². The van der Waals surface area contributed by atoms with E-state index in [2.05, 4.69) is 31.2 Å². The van der Waals surface area contributed by atoms with Crippen LogP contribution in [0.3, 0.4) is 0 Å². The van der Waals surface area contributed by atoms with E-state index in [4.69, 9.17) is 0 Å². The van der Waals surface area contributed by atoms with E-state index >= 15 is 0 Å². The second kappa shape index (κ2) is 6.93. The zero-order valence-electron chi connectivity index (χ0n) is 14.8. The summed E-state index contributed by atoms with van der Waals surface area (Å²) < 4.78 is 0. The van der Waals surface area contributed by atoms with Crippen molar-refractivity contribution in [3.63, 3.8) is 0 Å². The second-order valence-electron chi connectivity index (χ2n) is 7.38. The van der Waals surface area contributed by atoms with Gasteiger partial charge in [-0.3, -0.25) is 9.59 Å². The van der Waals surface area contributed by atoms with Crippen molar-refractivity contribution < 1.29 is 9.59 Å². The van der Waals surface area contributed by atoms with Gasteiger partial charge in [0, 0.05) is 36.3 Å².